The summed E-state index contributed by atoms with van der Waals surface area (Å²) in [6, 6.07) is 10.3. The Labute approximate surface area is 324 Å². The minimum Gasteiger partial charge on any atom is -0.460 e. The van der Waals surface area contributed by atoms with Gasteiger partial charge in [-0.3, -0.25) is 0 Å². The molecule has 21 nitrogen and oxygen atoms in total. The Morgan fingerprint density at radius 3 is 0.877 bits per heavy atom. The Hall–Kier alpha value is -6.06. The molecule has 12 bridgehead atoms. The van der Waals surface area contributed by atoms with Crippen molar-refractivity contribution in [2.45, 2.75) is 50.1 Å². The lowest BCUT2D eigenvalue weighted by molar-refractivity contribution is -0.159. The number of carbonyl (C=O) groups is 4. The van der Waals surface area contributed by atoms with Gasteiger partial charge in [0.25, 0.3) is 0 Å². The van der Waals surface area contributed by atoms with Crippen molar-refractivity contribution in [1.82, 2.24) is 9.97 Å². The highest BCUT2D eigenvalue weighted by Crippen LogP contribution is 2.22. The summed E-state index contributed by atoms with van der Waals surface area (Å²) < 4.78 is 37.4. The quantitative estimate of drug-likeness (QED) is 0.258. The summed E-state index contributed by atoms with van der Waals surface area (Å²) in [5.41, 5.74) is 3.54. The van der Waals surface area contributed by atoms with E-state index in [4.69, 9.17) is 52.5 Å². The van der Waals surface area contributed by atoms with Crippen LogP contribution in [0.25, 0.3) is 0 Å². The number of esters is 4. The number of hydrogen-bond acceptors (Lipinski definition) is 21. The van der Waals surface area contributed by atoms with Crippen molar-refractivity contribution in [3.8, 4) is 0 Å². The first-order valence-corrected chi connectivity index (χ1v) is 18.2. The van der Waals surface area contributed by atoms with Gasteiger partial charge in [-0.05, 0) is 24.3 Å². The predicted molar refractivity (Wildman–Crippen MR) is 189 cm³/mol. The molecule has 7 heterocycles. The Morgan fingerprint density at radius 2 is 0.614 bits per heavy atom. The minimum absolute atomic E-state index is 0.0132. The van der Waals surface area contributed by atoms with Crippen LogP contribution in [0.15, 0.2) is 57.0 Å². The average molecular weight is 795 g/mol. The van der Waals surface area contributed by atoms with E-state index >= 15 is 0 Å². The first-order chi connectivity index (χ1) is 27.9. The molecule has 0 saturated heterocycles. The van der Waals surface area contributed by atoms with Crippen molar-refractivity contribution < 1.29 is 71.7 Å². The molecule has 0 unspecified atom stereocenters. The molecular formula is C36H38N6O15. The van der Waals surface area contributed by atoms with Gasteiger partial charge >= 0.3 is 23.9 Å². The van der Waals surface area contributed by atoms with E-state index in [1.165, 1.54) is 0 Å². The third-order valence-corrected chi connectivity index (χ3v) is 8.67. The van der Waals surface area contributed by atoms with Gasteiger partial charge in [-0.25, -0.2) is 29.1 Å². The first kappa shape index (κ1) is 39.2. The number of hydrogen-bond donors (Lipinski definition) is 0. The number of pyridine rings is 2. The van der Waals surface area contributed by atoms with E-state index < -0.39 is 48.3 Å². The molecule has 0 spiro atoms. The van der Waals surface area contributed by atoms with Gasteiger partial charge in [0, 0.05) is 25.7 Å². The molecule has 0 aliphatic carbocycles. The van der Waals surface area contributed by atoms with Gasteiger partial charge < -0.3 is 52.5 Å². The largest absolute Gasteiger partial charge is 0.460 e. The van der Waals surface area contributed by atoms with Gasteiger partial charge in [-0.15, -0.1) is 0 Å². The van der Waals surface area contributed by atoms with Crippen molar-refractivity contribution in [3.63, 3.8) is 0 Å². The Kier molecular flexibility index (Phi) is 13.2. The highest BCUT2D eigenvalue weighted by atomic mass is 16.7. The standard InChI is InChI=1S/C36H38N6O15/c43-33-29-17-25(39-54-29)21-3-1-5-23(37-21)27-19-31(56-41-27)35(45)52-15-11-49-12-16-53-36(46)32-20-28(42-57-32)24-6-2-4-22(38-24)26-18-30(55-40-26)34(44)51-14-10-48-8-7-47-9-13-50-33/h1-6,29-32H,7-20H2/t29-,30-,31-,32-/m1/s1. The monoisotopic (exact) mass is 794 g/mol. The normalized spacial score (nSPS) is 25.7. The fourth-order valence-electron chi connectivity index (χ4n) is 5.73. The van der Waals surface area contributed by atoms with Crippen LogP contribution in [0.2, 0.25) is 0 Å². The van der Waals surface area contributed by atoms with Crippen LogP contribution in [-0.2, 0) is 71.7 Å². The number of ether oxygens (including phenoxy) is 7. The molecule has 21 heteroatoms. The summed E-state index contributed by atoms with van der Waals surface area (Å²) in [7, 11) is 0. The van der Waals surface area contributed by atoms with E-state index in [0.717, 1.165) is 0 Å². The summed E-state index contributed by atoms with van der Waals surface area (Å²) in [4.78, 5) is 80.7. The maximum absolute atomic E-state index is 12.6. The average Bonchev–Trinajstić information content (AvgIpc) is 4.08. The van der Waals surface area contributed by atoms with E-state index in [9.17, 15) is 19.2 Å². The molecule has 0 radical (unpaired) electrons. The lowest BCUT2D eigenvalue weighted by atomic mass is 10.1. The van der Waals surface area contributed by atoms with Crippen LogP contribution < -0.4 is 0 Å². The first-order valence-electron chi connectivity index (χ1n) is 18.2. The van der Waals surface area contributed by atoms with Crippen LogP contribution in [-0.4, -0.2) is 147 Å². The summed E-state index contributed by atoms with van der Waals surface area (Å²) in [5.74, 6) is -2.48. The molecule has 5 aliphatic heterocycles. The minimum atomic E-state index is -0.973. The number of carbonyl (C=O) groups excluding carboxylic acids is 4. The molecule has 302 valence electrons. The molecular weight excluding hydrogens is 756 g/mol. The Bertz CT molecular complexity index is 1800. The van der Waals surface area contributed by atoms with Gasteiger partial charge in [0.05, 0.1) is 62.4 Å². The van der Waals surface area contributed by atoms with Crippen LogP contribution in [0.3, 0.4) is 0 Å². The van der Waals surface area contributed by atoms with Crippen molar-refractivity contribution in [2.75, 3.05) is 66.1 Å². The van der Waals surface area contributed by atoms with Gasteiger partial charge in [0.1, 0.15) is 49.3 Å². The molecule has 0 amide bonds. The van der Waals surface area contributed by atoms with Gasteiger partial charge in [-0.2, -0.15) is 0 Å². The number of aromatic nitrogens is 2. The maximum Gasteiger partial charge on any atom is 0.350 e. The summed E-state index contributed by atoms with van der Waals surface area (Å²) in [5, 5.41) is 16.1. The van der Waals surface area contributed by atoms with Gasteiger partial charge in [0.15, 0.2) is 0 Å². The molecule has 57 heavy (non-hydrogen) atoms. The molecule has 2 aromatic heterocycles. The van der Waals surface area contributed by atoms with E-state index in [1.54, 1.807) is 36.4 Å². The third kappa shape index (κ3) is 10.4. The van der Waals surface area contributed by atoms with E-state index in [0.29, 0.717) is 45.6 Å². The zero-order valence-electron chi connectivity index (χ0n) is 30.5. The molecule has 0 N–H and O–H groups in total. The third-order valence-electron chi connectivity index (χ3n) is 8.67. The molecule has 4 atom stereocenters. The molecule has 0 aromatic carbocycles. The lowest BCUT2D eigenvalue weighted by Gasteiger charge is -2.10. The second-order valence-electron chi connectivity index (χ2n) is 12.7. The van der Waals surface area contributed by atoms with Gasteiger partial charge in [-0.1, -0.05) is 32.8 Å². The fourth-order valence-corrected chi connectivity index (χ4v) is 5.73. The summed E-state index contributed by atoms with van der Waals surface area (Å²) in [6.07, 6.45) is -3.34. The number of rotatable bonds is 0. The maximum atomic E-state index is 12.6. The number of fused-ring (bicyclic) bond motifs is 16. The van der Waals surface area contributed by atoms with E-state index in [1.807, 2.05) is 0 Å². The van der Waals surface area contributed by atoms with Crippen LogP contribution >= 0.6 is 0 Å². The van der Waals surface area contributed by atoms with Crippen molar-refractivity contribution in [1.29, 1.82) is 0 Å². The summed E-state index contributed by atoms with van der Waals surface area (Å²) in [6.45, 7) is 0.594. The number of oxime groups is 4. The Morgan fingerprint density at radius 1 is 0.368 bits per heavy atom. The number of nitrogens with zero attached hydrogens (tertiary/aromatic N) is 6. The highest BCUT2D eigenvalue weighted by Gasteiger charge is 2.35. The van der Waals surface area contributed by atoms with Gasteiger partial charge in [0.2, 0.25) is 24.4 Å². The highest BCUT2D eigenvalue weighted by molar-refractivity contribution is 6.06. The predicted octanol–water partition coefficient (Wildman–Crippen LogP) is 0.385. The van der Waals surface area contributed by atoms with Crippen LogP contribution in [0.4, 0.5) is 0 Å². The second-order valence-corrected chi connectivity index (χ2v) is 12.7. The van der Waals surface area contributed by atoms with E-state index in [-0.39, 0.29) is 91.8 Å². The van der Waals surface area contributed by atoms with Crippen molar-refractivity contribution in [3.05, 3.63) is 59.2 Å². The van der Waals surface area contributed by atoms with Crippen LogP contribution in [0, 0.1) is 0 Å². The molecule has 7 rings (SSSR count). The van der Waals surface area contributed by atoms with Crippen LogP contribution in [0.1, 0.15) is 48.5 Å². The fraction of sp³-hybridized carbons (Fsp3) is 0.500. The molecule has 0 saturated carbocycles. The molecule has 2 aromatic rings. The molecule has 0 fully saturated rings. The number of cyclic esters (lactones) is 4. The zero-order valence-corrected chi connectivity index (χ0v) is 30.5. The van der Waals surface area contributed by atoms with Crippen molar-refractivity contribution >= 4 is 46.7 Å². The topological polar surface area (TPSA) is 245 Å². The van der Waals surface area contributed by atoms with E-state index in [2.05, 4.69) is 30.6 Å². The SMILES string of the molecule is O=C1OCCOCCOCCOC(=O)[C@H]2CC(=NO2)c2cccc(n2)C2=NO[C@H](C2)C(=O)OCCOCCOC(=O)[C@H]2CC(=NO2)c2cccc(n2)C2=NO[C@@H]1C2. The molecule has 5 aliphatic rings. The van der Waals surface area contributed by atoms with Crippen LogP contribution in [0.5, 0.6) is 0 Å². The Balaban J connectivity index is 0.903. The summed E-state index contributed by atoms with van der Waals surface area (Å²) >= 11 is 0. The smallest absolute Gasteiger partial charge is 0.350 e. The zero-order chi connectivity index (χ0) is 39.4. The second kappa shape index (κ2) is 19.2. The van der Waals surface area contributed by atoms with Crippen molar-refractivity contribution in [2.24, 2.45) is 20.6 Å². The lowest BCUT2D eigenvalue weighted by Crippen LogP contribution is -2.26.